The van der Waals surface area contributed by atoms with Gasteiger partial charge in [0.1, 0.15) is 11.3 Å². The van der Waals surface area contributed by atoms with Crippen molar-refractivity contribution in [3.05, 3.63) is 21.4 Å². The first-order valence-corrected chi connectivity index (χ1v) is 2.49. The fourth-order valence-corrected chi connectivity index (χ4v) is 0.493. The van der Waals surface area contributed by atoms with Crippen LogP contribution in [0.2, 0.25) is 0 Å². The molecule has 1 heterocycles. The summed E-state index contributed by atoms with van der Waals surface area (Å²) in [6.45, 7) is 1.66. The first-order valence-electron chi connectivity index (χ1n) is 2.49. The molecule has 0 aliphatic carbocycles. The highest BCUT2D eigenvalue weighted by Gasteiger charge is 2.05. The lowest BCUT2D eigenvalue weighted by atomic mass is 10.8. The van der Waals surface area contributed by atoms with Gasteiger partial charge in [-0.25, -0.2) is 15.2 Å². The second-order valence-corrected chi connectivity index (χ2v) is 1.62. The Hall–Kier alpha value is -1.70. The Bertz CT molecular complexity index is 245. The molecule has 0 bridgehead atoms. The van der Waals surface area contributed by atoms with Crippen LogP contribution in [0, 0.1) is 17.0 Å². The number of rotatable bonds is 2. The van der Waals surface area contributed by atoms with Gasteiger partial charge in [-0.1, -0.05) is 0 Å². The third-order valence-electron chi connectivity index (χ3n) is 0.810. The van der Waals surface area contributed by atoms with Crippen LogP contribution in [0.4, 0.5) is 5.95 Å². The Morgan fingerprint density at radius 3 is 2.82 bits per heavy atom. The summed E-state index contributed by atoms with van der Waals surface area (Å²) in [6, 6.07) is 0. The van der Waals surface area contributed by atoms with E-state index in [1.807, 2.05) is 0 Å². The molecule has 8 nitrogen and oxygen atoms in total. The molecule has 0 atom stereocenters. The minimum absolute atomic E-state index is 0. The number of aromatic amines is 2. The number of nitrogens with zero attached hydrogens (tertiary/aromatic N) is 3. The van der Waals surface area contributed by atoms with Crippen molar-refractivity contribution in [1.29, 1.82) is 0 Å². The van der Waals surface area contributed by atoms with E-state index in [1.54, 1.807) is 6.92 Å². The second-order valence-electron chi connectivity index (χ2n) is 1.62. The Morgan fingerprint density at radius 2 is 2.45 bits per heavy atom. The number of nitro groups is 1. The summed E-state index contributed by atoms with van der Waals surface area (Å²) in [4.78, 5) is 12.3. The normalized spacial score (nSPS) is 8.45. The Kier molecular flexibility index (Phi) is 2.93. The van der Waals surface area contributed by atoms with Gasteiger partial charge in [-0.05, 0) is 6.92 Å². The summed E-state index contributed by atoms with van der Waals surface area (Å²) in [7, 11) is 0. The van der Waals surface area contributed by atoms with Crippen molar-refractivity contribution < 1.29 is 15.5 Å². The van der Waals surface area contributed by atoms with E-state index in [0.717, 1.165) is 0 Å². The highest BCUT2D eigenvalue weighted by Crippen LogP contribution is 2.03. The average Bonchev–Trinajstić information content (AvgIpc) is 2.13. The Morgan fingerprint density at radius 1 is 1.82 bits per heavy atom. The maximum Gasteiger partial charge on any atom is 0.294 e. The standard InChI is InChI=1S/C3H4N5O2.H2O/c1-2-4-3(6-5-2)7-8(9)10;/h1H3,(H-,4,5,6,7);1H2/q-1;/p+1. The molecule has 0 unspecified atom stereocenters. The molecule has 1 aromatic rings. The van der Waals surface area contributed by atoms with Crippen LogP contribution >= 0.6 is 0 Å². The SMILES string of the molecule is Cc1n[nH]c([N-][N+](=O)[O-])[nH+]1.O. The summed E-state index contributed by atoms with van der Waals surface area (Å²) in [5.41, 5.74) is 2.93. The first-order chi connectivity index (χ1) is 4.68. The molecule has 0 saturated heterocycles. The van der Waals surface area contributed by atoms with Crippen LogP contribution in [0.15, 0.2) is 0 Å². The van der Waals surface area contributed by atoms with Crippen LogP contribution in [0.3, 0.4) is 0 Å². The van der Waals surface area contributed by atoms with Crippen molar-refractivity contribution in [3.63, 3.8) is 0 Å². The maximum absolute atomic E-state index is 9.75. The van der Waals surface area contributed by atoms with Crippen LogP contribution in [-0.2, 0) is 0 Å². The van der Waals surface area contributed by atoms with E-state index in [-0.39, 0.29) is 11.4 Å². The van der Waals surface area contributed by atoms with Crippen molar-refractivity contribution in [2.75, 3.05) is 0 Å². The lowest BCUT2D eigenvalue weighted by Gasteiger charge is -1.81. The van der Waals surface area contributed by atoms with E-state index >= 15 is 0 Å². The molecular formula is C3H7N5O3. The van der Waals surface area contributed by atoms with Crippen LogP contribution in [0.1, 0.15) is 5.82 Å². The molecule has 0 aliphatic rings. The fraction of sp³-hybridized carbons (Fsp3) is 0.333. The summed E-state index contributed by atoms with van der Waals surface area (Å²) in [6.07, 6.45) is 0. The van der Waals surface area contributed by atoms with Gasteiger partial charge in [-0.3, -0.25) is 0 Å². The van der Waals surface area contributed by atoms with E-state index in [4.69, 9.17) is 0 Å². The fourth-order valence-electron chi connectivity index (χ4n) is 0.493. The highest BCUT2D eigenvalue weighted by atomic mass is 16.7. The number of H-pyrrole nitrogens is 2. The largest absolute Gasteiger partial charge is 0.412 e. The lowest BCUT2D eigenvalue weighted by molar-refractivity contribution is -0.445. The Balaban J connectivity index is 0.000001000. The molecule has 8 heteroatoms. The number of aromatic nitrogens is 3. The van der Waals surface area contributed by atoms with Crippen LogP contribution in [-0.4, -0.2) is 20.7 Å². The van der Waals surface area contributed by atoms with Crippen molar-refractivity contribution >= 4 is 5.95 Å². The molecule has 0 saturated carbocycles. The summed E-state index contributed by atoms with van der Waals surface area (Å²) in [5, 5.41) is 14.9. The maximum atomic E-state index is 9.75. The van der Waals surface area contributed by atoms with Crippen molar-refractivity contribution in [1.82, 2.24) is 10.2 Å². The van der Waals surface area contributed by atoms with E-state index in [1.165, 1.54) is 0 Å². The second kappa shape index (κ2) is 3.46. The predicted molar refractivity (Wildman–Crippen MR) is 33.5 cm³/mol. The van der Waals surface area contributed by atoms with Gasteiger partial charge < -0.3 is 10.5 Å². The minimum atomic E-state index is -0.802. The summed E-state index contributed by atoms with van der Waals surface area (Å²) in [5.74, 6) is 0.600. The van der Waals surface area contributed by atoms with Crippen LogP contribution in [0.5, 0.6) is 0 Å². The molecule has 0 spiro atoms. The molecular weight excluding hydrogens is 154 g/mol. The quantitative estimate of drug-likeness (QED) is 0.436. The molecule has 0 aliphatic heterocycles. The number of aryl methyl sites for hydroxylation is 1. The Labute approximate surface area is 61.1 Å². The predicted octanol–water partition coefficient (Wildman–Crippen LogP) is -1.10. The van der Waals surface area contributed by atoms with Crippen molar-refractivity contribution in [3.8, 4) is 0 Å². The molecule has 4 N–H and O–H groups in total. The molecule has 1 rings (SSSR count). The smallest absolute Gasteiger partial charge is 0.294 e. The zero-order valence-electron chi connectivity index (χ0n) is 5.66. The van der Waals surface area contributed by atoms with Crippen molar-refractivity contribution in [2.24, 2.45) is 0 Å². The summed E-state index contributed by atoms with van der Waals surface area (Å²) < 4.78 is 0. The van der Waals surface area contributed by atoms with Crippen LogP contribution < -0.4 is 4.98 Å². The molecule has 62 valence electrons. The van der Waals surface area contributed by atoms with Gasteiger partial charge in [0.05, 0.1) is 0 Å². The first kappa shape index (κ1) is 9.30. The van der Waals surface area contributed by atoms with Crippen molar-refractivity contribution in [2.45, 2.75) is 6.92 Å². The average molecular weight is 161 g/mol. The van der Waals surface area contributed by atoms with E-state index in [9.17, 15) is 10.1 Å². The molecule has 0 aromatic carbocycles. The molecule has 11 heavy (non-hydrogen) atoms. The number of hydrogen-bond acceptors (Lipinski definition) is 3. The van der Waals surface area contributed by atoms with Gasteiger partial charge in [0.25, 0.3) is 5.95 Å². The molecule has 0 radical (unpaired) electrons. The van der Waals surface area contributed by atoms with E-state index < -0.39 is 5.03 Å². The lowest BCUT2D eigenvalue weighted by Crippen LogP contribution is -2.04. The highest BCUT2D eigenvalue weighted by molar-refractivity contribution is 5.14. The van der Waals surface area contributed by atoms with E-state index in [2.05, 4.69) is 20.6 Å². The van der Waals surface area contributed by atoms with E-state index in [0.29, 0.717) is 5.82 Å². The monoisotopic (exact) mass is 161 g/mol. The molecule has 0 amide bonds. The number of nitrogens with one attached hydrogen (secondary N) is 2. The zero-order valence-corrected chi connectivity index (χ0v) is 5.66. The van der Waals surface area contributed by atoms with Gasteiger partial charge >= 0.3 is 0 Å². The van der Waals surface area contributed by atoms with Gasteiger partial charge in [-0.15, -0.1) is 0 Å². The summed E-state index contributed by atoms with van der Waals surface area (Å²) >= 11 is 0. The van der Waals surface area contributed by atoms with Crippen LogP contribution in [0.25, 0.3) is 5.43 Å². The minimum Gasteiger partial charge on any atom is -0.412 e. The zero-order chi connectivity index (χ0) is 7.56. The topological polar surface area (TPSA) is 132 Å². The number of hydrogen-bond donors (Lipinski definition) is 1. The van der Waals surface area contributed by atoms with Gasteiger partial charge in [0, 0.05) is 0 Å². The third-order valence-corrected chi connectivity index (χ3v) is 0.810. The van der Waals surface area contributed by atoms with Gasteiger partial charge in [0.2, 0.25) is 0 Å². The van der Waals surface area contributed by atoms with Gasteiger partial charge in [-0.2, -0.15) is 5.10 Å². The van der Waals surface area contributed by atoms with Gasteiger partial charge in [0.15, 0.2) is 5.03 Å². The molecule has 0 fully saturated rings. The molecule has 1 aromatic heterocycles. The third kappa shape index (κ3) is 2.58.